The van der Waals surface area contributed by atoms with Crippen molar-refractivity contribution in [2.45, 2.75) is 38.6 Å². The minimum Gasteiger partial charge on any atom is -0.298 e. The fourth-order valence-electron chi connectivity index (χ4n) is 4.41. The lowest BCUT2D eigenvalue weighted by Crippen LogP contribution is -2.42. The van der Waals surface area contributed by atoms with Crippen LogP contribution in [0.25, 0.3) is 0 Å². The van der Waals surface area contributed by atoms with E-state index in [9.17, 15) is 0 Å². The summed E-state index contributed by atoms with van der Waals surface area (Å²) in [5.41, 5.74) is 6.22. The Hall–Kier alpha value is -1.02. The summed E-state index contributed by atoms with van der Waals surface area (Å²) in [6, 6.07) is 18.2. The quantitative estimate of drug-likeness (QED) is 0.719. The normalized spacial score (nSPS) is 22.0. The molecule has 130 valence electrons. The number of nitrogens with zero attached hydrogens (tertiary/aromatic N) is 1. The van der Waals surface area contributed by atoms with Crippen LogP contribution in [0.15, 0.2) is 48.5 Å². The first-order valence-electron chi connectivity index (χ1n) is 8.70. The zero-order valence-corrected chi connectivity index (χ0v) is 15.9. The van der Waals surface area contributed by atoms with Crippen LogP contribution in [-0.2, 0) is 19.4 Å². The highest BCUT2D eigenvalue weighted by Gasteiger charge is 2.33. The van der Waals surface area contributed by atoms with Crippen molar-refractivity contribution < 1.29 is 0 Å². The van der Waals surface area contributed by atoms with Crippen molar-refractivity contribution in [1.29, 1.82) is 0 Å². The Morgan fingerprint density at radius 2 is 1.75 bits per heavy atom. The summed E-state index contributed by atoms with van der Waals surface area (Å²) in [4.78, 5) is 2.67. The number of rotatable bonds is 3. The summed E-state index contributed by atoms with van der Waals surface area (Å²) in [5, 5.41) is 0. The summed E-state index contributed by atoms with van der Waals surface area (Å²) >= 11 is 0. The SMILES string of the molecule is CCc1ccc2c(c1)CC1CC2CN(Cc2ccccc2)C1.Cl.Cl. The Labute approximate surface area is 158 Å². The first-order valence-corrected chi connectivity index (χ1v) is 8.70. The fourth-order valence-corrected chi connectivity index (χ4v) is 4.41. The molecule has 4 rings (SSSR count). The highest BCUT2D eigenvalue weighted by molar-refractivity contribution is 5.85. The lowest BCUT2D eigenvalue weighted by Gasteiger charge is -2.42. The largest absolute Gasteiger partial charge is 0.298 e. The molecule has 1 fully saturated rings. The topological polar surface area (TPSA) is 3.24 Å². The van der Waals surface area contributed by atoms with E-state index in [1.54, 1.807) is 11.1 Å². The molecule has 0 N–H and O–H groups in total. The number of benzene rings is 2. The van der Waals surface area contributed by atoms with Crippen molar-refractivity contribution >= 4 is 24.8 Å². The Balaban J connectivity index is 0.00000104. The van der Waals surface area contributed by atoms with Gasteiger partial charge in [-0.15, -0.1) is 24.8 Å². The van der Waals surface area contributed by atoms with Crippen molar-refractivity contribution in [3.05, 3.63) is 70.8 Å². The Bertz CT molecular complexity index is 656. The van der Waals surface area contributed by atoms with E-state index in [2.05, 4.69) is 60.4 Å². The molecule has 0 aromatic heterocycles. The van der Waals surface area contributed by atoms with Crippen LogP contribution in [-0.4, -0.2) is 18.0 Å². The van der Waals surface area contributed by atoms with Gasteiger partial charge < -0.3 is 0 Å². The molecular formula is C21H27Cl2N. The second-order valence-electron chi connectivity index (χ2n) is 7.07. The van der Waals surface area contributed by atoms with Gasteiger partial charge >= 0.3 is 0 Å². The summed E-state index contributed by atoms with van der Waals surface area (Å²) in [6.45, 7) is 5.86. The molecule has 24 heavy (non-hydrogen) atoms. The average Bonchev–Trinajstić information content (AvgIpc) is 2.55. The van der Waals surface area contributed by atoms with Crippen molar-refractivity contribution in [3.8, 4) is 0 Å². The van der Waals surface area contributed by atoms with Crippen LogP contribution in [0.1, 0.15) is 41.5 Å². The molecule has 1 saturated heterocycles. The van der Waals surface area contributed by atoms with Gasteiger partial charge in [-0.1, -0.05) is 55.5 Å². The first kappa shape index (κ1) is 19.3. The van der Waals surface area contributed by atoms with Crippen LogP contribution in [0.3, 0.4) is 0 Å². The maximum atomic E-state index is 2.67. The highest BCUT2D eigenvalue weighted by Crippen LogP contribution is 2.40. The number of fused-ring (bicyclic) bond motifs is 4. The first-order chi connectivity index (χ1) is 10.8. The molecule has 0 spiro atoms. The zero-order valence-electron chi connectivity index (χ0n) is 14.3. The molecular weight excluding hydrogens is 337 g/mol. The van der Waals surface area contributed by atoms with E-state index in [-0.39, 0.29) is 24.8 Å². The highest BCUT2D eigenvalue weighted by atomic mass is 35.5. The van der Waals surface area contributed by atoms with Gasteiger partial charge in [0, 0.05) is 19.6 Å². The predicted octanol–water partition coefficient (Wildman–Crippen LogP) is 5.25. The Morgan fingerprint density at radius 1 is 0.958 bits per heavy atom. The molecule has 2 bridgehead atoms. The van der Waals surface area contributed by atoms with E-state index in [0.717, 1.165) is 24.8 Å². The number of likely N-dealkylation sites (tertiary alicyclic amines) is 1. The van der Waals surface area contributed by atoms with E-state index >= 15 is 0 Å². The molecule has 1 aliphatic heterocycles. The maximum Gasteiger partial charge on any atom is 0.0234 e. The third-order valence-electron chi connectivity index (χ3n) is 5.43. The molecule has 1 aliphatic carbocycles. The van der Waals surface area contributed by atoms with E-state index in [0.29, 0.717) is 0 Å². The fraction of sp³-hybridized carbons (Fsp3) is 0.429. The van der Waals surface area contributed by atoms with Crippen LogP contribution < -0.4 is 0 Å². The minimum atomic E-state index is 0. The summed E-state index contributed by atoms with van der Waals surface area (Å²) in [7, 11) is 0. The van der Waals surface area contributed by atoms with Gasteiger partial charge in [0.15, 0.2) is 0 Å². The number of halogens is 2. The van der Waals surface area contributed by atoms with E-state index in [1.807, 2.05) is 0 Å². The third-order valence-corrected chi connectivity index (χ3v) is 5.43. The second-order valence-corrected chi connectivity index (χ2v) is 7.07. The van der Waals surface area contributed by atoms with Crippen LogP contribution in [0.2, 0.25) is 0 Å². The molecule has 2 aromatic rings. The van der Waals surface area contributed by atoms with Gasteiger partial charge in [0.25, 0.3) is 0 Å². The van der Waals surface area contributed by atoms with Crippen molar-refractivity contribution in [2.24, 2.45) is 5.92 Å². The summed E-state index contributed by atoms with van der Waals surface area (Å²) in [6.07, 6.45) is 3.83. The van der Waals surface area contributed by atoms with Crippen molar-refractivity contribution in [2.75, 3.05) is 13.1 Å². The number of aryl methyl sites for hydroxylation is 1. The molecule has 2 unspecified atom stereocenters. The molecule has 1 heterocycles. The van der Waals surface area contributed by atoms with Gasteiger partial charge in [0.1, 0.15) is 0 Å². The maximum absolute atomic E-state index is 2.67. The summed E-state index contributed by atoms with van der Waals surface area (Å²) in [5.74, 6) is 1.60. The molecule has 0 radical (unpaired) electrons. The average molecular weight is 364 g/mol. The molecule has 2 aromatic carbocycles. The van der Waals surface area contributed by atoms with Gasteiger partial charge in [0.05, 0.1) is 0 Å². The molecule has 2 aliphatic rings. The molecule has 2 atom stereocenters. The lowest BCUT2D eigenvalue weighted by atomic mass is 9.73. The van der Waals surface area contributed by atoms with Crippen molar-refractivity contribution in [1.82, 2.24) is 4.90 Å². The lowest BCUT2D eigenvalue weighted by molar-refractivity contribution is 0.138. The standard InChI is InChI=1S/C21H25N.2ClH/c1-2-16-8-9-21-19(10-16)11-18-12-20(21)15-22(14-18)13-17-6-4-3-5-7-17;;/h3-10,18,20H,2,11-15H2,1H3;2*1H. The number of hydrogen-bond acceptors (Lipinski definition) is 1. The molecule has 0 amide bonds. The minimum absolute atomic E-state index is 0. The molecule has 1 nitrogen and oxygen atoms in total. The third kappa shape index (κ3) is 3.96. The number of piperidine rings is 1. The molecule has 3 heteroatoms. The van der Waals surface area contributed by atoms with Crippen LogP contribution in [0.5, 0.6) is 0 Å². The van der Waals surface area contributed by atoms with Gasteiger partial charge in [-0.25, -0.2) is 0 Å². The summed E-state index contributed by atoms with van der Waals surface area (Å²) < 4.78 is 0. The zero-order chi connectivity index (χ0) is 14.9. The monoisotopic (exact) mass is 363 g/mol. The van der Waals surface area contributed by atoms with Gasteiger partial charge in [0.2, 0.25) is 0 Å². The van der Waals surface area contributed by atoms with E-state index in [1.165, 1.54) is 37.1 Å². The van der Waals surface area contributed by atoms with Crippen molar-refractivity contribution in [3.63, 3.8) is 0 Å². The van der Waals surface area contributed by atoms with Gasteiger partial charge in [-0.2, -0.15) is 0 Å². The second kappa shape index (κ2) is 8.38. The van der Waals surface area contributed by atoms with Gasteiger partial charge in [-0.05, 0) is 53.4 Å². The van der Waals surface area contributed by atoms with Crippen LogP contribution in [0.4, 0.5) is 0 Å². The van der Waals surface area contributed by atoms with E-state index < -0.39 is 0 Å². The Kier molecular flexibility index (Phi) is 6.74. The van der Waals surface area contributed by atoms with Gasteiger partial charge in [-0.3, -0.25) is 4.90 Å². The Morgan fingerprint density at radius 3 is 2.50 bits per heavy atom. The predicted molar refractivity (Wildman–Crippen MR) is 107 cm³/mol. The van der Waals surface area contributed by atoms with Crippen LogP contribution >= 0.6 is 24.8 Å². The van der Waals surface area contributed by atoms with Crippen LogP contribution in [0, 0.1) is 5.92 Å². The van der Waals surface area contributed by atoms with E-state index in [4.69, 9.17) is 0 Å². The molecule has 0 saturated carbocycles. The smallest absolute Gasteiger partial charge is 0.0234 e. The number of hydrogen-bond donors (Lipinski definition) is 0.